The molecular formula is C4H13NaO2. The summed E-state index contributed by atoms with van der Waals surface area (Å²) in [7, 11) is 0. The van der Waals surface area contributed by atoms with Crippen LogP contribution in [-0.4, -0.2) is 46.7 Å². The number of aliphatic hydroxyl groups is 1. The first kappa shape index (κ1) is 15.7. The van der Waals surface area contributed by atoms with Gasteiger partial charge in [0.15, 0.2) is 0 Å². The summed E-state index contributed by atoms with van der Waals surface area (Å²) in [6.45, 7) is 2.40. The van der Waals surface area contributed by atoms with E-state index < -0.39 is 0 Å². The third-order valence-corrected chi connectivity index (χ3v) is 0.512. The molecular weight excluding hydrogens is 103 g/mol. The van der Waals surface area contributed by atoms with Gasteiger partial charge >= 0.3 is 29.6 Å². The molecule has 0 saturated carbocycles. The number of unbranched alkanes of at least 4 members (excludes halogenated alkanes) is 1. The van der Waals surface area contributed by atoms with Crippen LogP contribution in [0.5, 0.6) is 0 Å². The van der Waals surface area contributed by atoms with Crippen LogP contribution in [-0.2, 0) is 0 Å². The molecule has 7 heavy (non-hydrogen) atoms. The van der Waals surface area contributed by atoms with E-state index in [4.69, 9.17) is 5.11 Å². The molecule has 0 bridgehead atoms. The van der Waals surface area contributed by atoms with Gasteiger partial charge in [-0.25, -0.2) is 0 Å². The van der Waals surface area contributed by atoms with E-state index >= 15 is 0 Å². The van der Waals surface area contributed by atoms with Crippen LogP contribution in [0, 0.1) is 0 Å². The van der Waals surface area contributed by atoms with Crippen molar-refractivity contribution in [2.45, 2.75) is 19.8 Å². The van der Waals surface area contributed by atoms with Crippen LogP contribution in [0.25, 0.3) is 0 Å². The first-order chi connectivity index (χ1) is 2.41. The normalized spacial score (nSPS) is 6.00. The van der Waals surface area contributed by atoms with Gasteiger partial charge in [0.2, 0.25) is 0 Å². The van der Waals surface area contributed by atoms with Gasteiger partial charge < -0.3 is 10.6 Å². The topological polar surface area (TPSA) is 51.7 Å². The summed E-state index contributed by atoms with van der Waals surface area (Å²) in [4.78, 5) is 0. The minimum absolute atomic E-state index is 0. The van der Waals surface area contributed by atoms with Crippen molar-refractivity contribution in [3.8, 4) is 0 Å². The molecule has 0 aliphatic rings. The van der Waals surface area contributed by atoms with Gasteiger partial charge in [-0.1, -0.05) is 13.3 Å². The zero-order valence-corrected chi connectivity index (χ0v) is 4.07. The molecule has 0 aromatic heterocycles. The molecule has 0 aromatic carbocycles. The Bertz CT molecular complexity index is 17.2. The Balaban J connectivity index is -0.0000000800. The third kappa shape index (κ3) is 19.6. The van der Waals surface area contributed by atoms with E-state index in [-0.39, 0.29) is 35.0 Å². The van der Waals surface area contributed by atoms with Gasteiger partial charge in [-0.3, -0.25) is 0 Å². The predicted molar refractivity (Wildman–Crippen MR) is 32.8 cm³/mol. The Morgan fingerprint density at radius 3 is 1.86 bits per heavy atom. The van der Waals surface area contributed by atoms with Crippen LogP contribution in [0.4, 0.5) is 0 Å². The van der Waals surface area contributed by atoms with E-state index in [2.05, 4.69) is 6.92 Å². The standard InChI is InChI=1S/C4H10O.Na.H2O.H/c1-2-3-4-5;;;/h5H,2-4H2,1H3;;1H2;. The quantitative estimate of drug-likeness (QED) is 0.477. The Kier molecular flexibility index (Phi) is 35.3. The van der Waals surface area contributed by atoms with Crippen LogP contribution < -0.4 is 0 Å². The van der Waals surface area contributed by atoms with Crippen LogP contribution in [0.1, 0.15) is 19.8 Å². The molecule has 3 heteroatoms. The Labute approximate surface area is 66.5 Å². The van der Waals surface area contributed by atoms with E-state index in [0.717, 1.165) is 12.8 Å². The molecule has 0 amide bonds. The van der Waals surface area contributed by atoms with E-state index in [9.17, 15) is 0 Å². The van der Waals surface area contributed by atoms with Gasteiger partial charge in [-0.15, -0.1) is 0 Å². The van der Waals surface area contributed by atoms with Gasteiger partial charge in [0.1, 0.15) is 0 Å². The van der Waals surface area contributed by atoms with Gasteiger partial charge in [-0.2, -0.15) is 0 Å². The summed E-state index contributed by atoms with van der Waals surface area (Å²) >= 11 is 0. The summed E-state index contributed by atoms with van der Waals surface area (Å²) in [5.41, 5.74) is 0. The molecule has 0 aromatic rings. The van der Waals surface area contributed by atoms with Crippen LogP contribution >= 0.6 is 0 Å². The second-order valence-corrected chi connectivity index (χ2v) is 1.08. The molecule has 0 atom stereocenters. The number of aliphatic hydroxyl groups excluding tert-OH is 1. The summed E-state index contributed by atoms with van der Waals surface area (Å²) in [5.74, 6) is 0. The van der Waals surface area contributed by atoms with Crippen LogP contribution in [0.3, 0.4) is 0 Å². The Morgan fingerprint density at radius 1 is 1.43 bits per heavy atom. The fourth-order valence-electron chi connectivity index (χ4n) is 0.158. The van der Waals surface area contributed by atoms with Crippen molar-refractivity contribution in [2.75, 3.05) is 6.61 Å². The maximum absolute atomic E-state index is 8.07. The fraction of sp³-hybridized carbons (Fsp3) is 1.00. The number of hydrogen-bond acceptors (Lipinski definition) is 1. The summed E-state index contributed by atoms with van der Waals surface area (Å²) < 4.78 is 0. The van der Waals surface area contributed by atoms with Crippen LogP contribution in [0.2, 0.25) is 0 Å². The van der Waals surface area contributed by atoms with Crippen molar-refractivity contribution in [1.82, 2.24) is 0 Å². The average Bonchev–Trinajstić information content (AvgIpc) is 1.41. The molecule has 0 heterocycles. The van der Waals surface area contributed by atoms with Gasteiger partial charge in [-0.05, 0) is 6.42 Å². The molecule has 42 valence electrons. The van der Waals surface area contributed by atoms with E-state index in [0.29, 0.717) is 6.61 Å². The summed E-state index contributed by atoms with van der Waals surface area (Å²) in [6.07, 6.45) is 2.04. The van der Waals surface area contributed by atoms with Crippen molar-refractivity contribution < 1.29 is 10.6 Å². The van der Waals surface area contributed by atoms with Gasteiger partial charge in [0, 0.05) is 6.61 Å². The molecule has 2 nitrogen and oxygen atoms in total. The van der Waals surface area contributed by atoms with Crippen LogP contribution in [0.15, 0.2) is 0 Å². The van der Waals surface area contributed by atoms with Crippen molar-refractivity contribution in [2.24, 2.45) is 0 Å². The van der Waals surface area contributed by atoms with E-state index in [1.54, 1.807) is 0 Å². The summed E-state index contributed by atoms with van der Waals surface area (Å²) in [5, 5.41) is 8.07. The number of rotatable bonds is 2. The molecule has 0 radical (unpaired) electrons. The van der Waals surface area contributed by atoms with Crippen molar-refractivity contribution in [3.05, 3.63) is 0 Å². The molecule has 0 unspecified atom stereocenters. The second-order valence-electron chi connectivity index (χ2n) is 1.08. The van der Waals surface area contributed by atoms with E-state index in [1.807, 2.05) is 0 Å². The zero-order valence-electron chi connectivity index (χ0n) is 4.07. The molecule has 0 aliphatic carbocycles. The molecule has 0 saturated heterocycles. The van der Waals surface area contributed by atoms with Crippen molar-refractivity contribution >= 4 is 29.6 Å². The number of hydrogen-bond donors (Lipinski definition) is 1. The molecule has 0 rings (SSSR count). The maximum atomic E-state index is 8.07. The van der Waals surface area contributed by atoms with Crippen molar-refractivity contribution in [1.29, 1.82) is 0 Å². The Morgan fingerprint density at radius 2 is 1.86 bits per heavy atom. The summed E-state index contributed by atoms with van der Waals surface area (Å²) in [6, 6.07) is 0. The monoisotopic (exact) mass is 116 g/mol. The van der Waals surface area contributed by atoms with E-state index in [1.165, 1.54) is 0 Å². The predicted octanol–water partition coefficient (Wildman–Crippen LogP) is -0.694. The Hall–Kier alpha value is 0.920. The van der Waals surface area contributed by atoms with Gasteiger partial charge in [0.25, 0.3) is 0 Å². The average molecular weight is 116 g/mol. The van der Waals surface area contributed by atoms with Gasteiger partial charge in [0.05, 0.1) is 0 Å². The minimum atomic E-state index is 0. The molecule has 3 N–H and O–H groups in total. The zero-order chi connectivity index (χ0) is 4.12. The first-order valence-electron chi connectivity index (χ1n) is 2.02. The molecule has 0 spiro atoms. The molecule has 0 aliphatic heterocycles. The fourth-order valence-corrected chi connectivity index (χ4v) is 0.158. The third-order valence-electron chi connectivity index (χ3n) is 0.512. The SMILES string of the molecule is CCCCO.O.[NaH]. The second kappa shape index (κ2) is 15.8. The molecule has 0 fully saturated rings. The first-order valence-corrected chi connectivity index (χ1v) is 2.02. The van der Waals surface area contributed by atoms with Crippen molar-refractivity contribution in [3.63, 3.8) is 0 Å².